The van der Waals surface area contributed by atoms with Crippen LogP contribution >= 0.6 is 0 Å². The molecule has 308 valence electrons. The lowest BCUT2D eigenvalue weighted by Gasteiger charge is -2.15. The molecule has 0 aromatic rings. The van der Waals surface area contributed by atoms with E-state index in [1.165, 1.54) is 103 Å². The van der Waals surface area contributed by atoms with E-state index < -0.39 is 12.1 Å². The second-order valence-electron chi connectivity index (χ2n) is 14.4. The molecule has 0 saturated heterocycles. The van der Waals surface area contributed by atoms with Crippen LogP contribution in [0.4, 0.5) is 0 Å². The fraction of sp³-hybridized carbons (Fsp3) is 0.673. The Hall–Kier alpha value is -2.92. The number of aliphatic hydroxyl groups is 1. The van der Waals surface area contributed by atoms with E-state index in [9.17, 15) is 14.7 Å². The van der Waals surface area contributed by atoms with E-state index in [1.807, 2.05) is 12.2 Å². The summed E-state index contributed by atoms with van der Waals surface area (Å²) in [5.74, 6) is -0.694. The van der Waals surface area contributed by atoms with Gasteiger partial charge in [0.25, 0.3) is 0 Å². The van der Waals surface area contributed by atoms with E-state index in [4.69, 9.17) is 9.47 Å². The summed E-state index contributed by atoms with van der Waals surface area (Å²) in [6.07, 6.45) is 61.0. The van der Waals surface area contributed by atoms with Crippen LogP contribution in [0.25, 0.3) is 0 Å². The smallest absolute Gasteiger partial charge is 0.306 e. The summed E-state index contributed by atoms with van der Waals surface area (Å²) >= 11 is 0. The Balaban J connectivity index is 3.66. The van der Waals surface area contributed by atoms with Crippen molar-refractivity contribution in [2.75, 3.05) is 13.2 Å². The highest BCUT2D eigenvalue weighted by atomic mass is 16.6. The fourth-order valence-electron chi connectivity index (χ4n) is 5.87. The Bertz CT molecular complexity index is 1030. The average molecular weight is 751 g/mol. The predicted molar refractivity (Wildman–Crippen MR) is 233 cm³/mol. The fourth-order valence-corrected chi connectivity index (χ4v) is 5.87. The highest BCUT2D eigenvalue weighted by Gasteiger charge is 2.15. The monoisotopic (exact) mass is 751 g/mol. The zero-order valence-electron chi connectivity index (χ0n) is 35.0. The summed E-state index contributed by atoms with van der Waals surface area (Å²) < 4.78 is 10.6. The molecule has 1 N–H and O–H groups in total. The van der Waals surface area contributed by atoms with Crippen LogP contribution < -0.4 is 0 Å². The molecule has 0 spiro atoms. The number of rotatable bonds is 39. The van der Waals surface area contributed by atoms with E-state index in [2.05, 4.69) is 86.8 Å². The molecule has 0 aromatic carbocycles. The summed E-state index contributed by atoms with van der Waals surface area (Å²) in [6.45, 7) is 3.96. The summed E-state index contributed by atoms with van der Waals surface area (Å²) in [7, 11) is 0. The van der Waals surface area contributed by atoms with E-state index in [0.717, 1.165) is 57.8 Å². The minimum Gasteiger partial charge on any atom is -0.462 e. The standard InChI is InChI=1S/C49H82O5/c1-3-5-7-9-11-13-15-17-19-21-23-24-26-27-29-31-33-35-37-39-41-43-48(51)53-46-47(45-50)54-49(52)44-42-40-38-36-34-32-30-28-25-22-20-18-16-14-12-10-8-6-4-2/h6,8,12,14,18,20-21,23,25,28,32,34,38,40,47,50H,3-5,7,9-11,13,15-17,19,22,24,26-27,29-31,33,35-37,39,41-46H2,1-2H3/b8-6-,14-12-,20-18-,23-21-,28-25-,34-32-,40-38-. The second kappa shape index (κ2) is 44.5. The van der Waals surface area contributed by atoms with Crippen LogP contribution in [0.1, 0.15) is 194 Å². The molecule has 0 saturated carbocycles. The van der Waals surface area contributed by atoms with Gasteiger partial charge in [0.05, 0.1) is 6.61 Å². The van der Waals surface area contributed by atoms with Gasteiger partial charge in [0, 0.05) is 12.8 Å². The van der Waals surface area contributed by atoms with Crippen molar-refractivity contribution in [2.24, 2.45) is 0 Å². The SMILES string of the molecule is CC/C=C\C/C=C\C/C=C\C/C=C\C/C=C\C/C=C\CCC(=O)OC(CO)COC(=O)CCCCCCCCCCC/C=C\CCCCCCCCCC. The third-order valence-electron chi connectivity index (χ3n) is 9.19. The van der Waals surface area contributed by atoms with Gasteiger partial charge in [-0.25, -0.2) is 0 Å². The third kappa shape index (κ3) is 41.8. The van der Waals surface area contributed by atoms with E-state index in [0.29, 0.717) is 12.8 Å². The van der Waals surface area contributed by atoms with Gasteiger partial charge in [-0.05, 0) is 77.0 Å². The number of carbonyl (C=O) groups excluding carboxylic acids is 2. The minimum absolute atomic E-state index is 0.101. The van der Waals surface area contributed by atoms with Crippen molar-refractivity contribution < 1.29 is 24.2 Å². The predicted octanol–water partition coefficient (Wildman–Crippen LogP) is 14.3. The van der Waals surface area contributed by atoms with Gasteiger partial charge in [0.2, 0.25) is 0 Å². The summed E-state index contributed by atoms with van der Waals surface area (Å²) in [5.41, 5.74) is 0. The lowest BCUT2D eigenvalue weighted by Crippen LogP contribution is -2.28. The molecular weight excluding hydrogens is 669 g/mol. The van der Waals surface area contributed by atoms with Gasteiger partial charge in [-0.3, -0.25) is 9.59 Å². The highest BCUT2D eigenvalue weighted by Crippen LogP contribution is 2.13. The molecule has 0 radical (unpaired) electrons. The molecule has 0 aromatic heterocycles. The normalized spacial score (nSPS) is 13.0. The van der Waals surface area contributed by atoms with Gasteiger partial charge >= 0.3 is 11.9 Å². The first-order valence-corrected chi connectivity index (χ1v) is 22.1. The molecule has 0 amide bonds. The topological polar surface area (TPSA) is 72.8 Å². The number of aliphatic hydroxyl groups excluding tert-OH is 1. The van der Waals surface area contributed by atoms with Gasteiger partial charge in [0.1, 0.15) is 6.61 Å². The lowest BCUT2D eigenvalue weighted by molar-refractivity contribution is -0.161. The molecule has 0 rings (SSSR count). The van der Waals surface area contributed by atoms with Crippen LogP contribution in [-0.2, 0) is 19.1 Å². The highest BCUT2D eigenvalue weighted by molar-refractivity contribution is 5.70. The summed E-state index contributed by atoms with van der Waals surface area (Å²) in [4.78, 5) is 24.3. The number of allylic oxidation sites excluding steroid dienone is 14. The average Bonchev–Trinajstić information content (AvgIpc) is 3.17. The van der Waals surface area contributed by atoms with Gasteiger partial charge in [-0.2, -0.15) is 0 Å². The number of esters is 2. The molecule has 0 aliphatic rings. The van der Waals surface area contributed by atoms with Crippen LogP contribution in [0.3, 0.4) is 0 Å². The van der Waals surface area contributed by atoms with Crippen molar-refractivity contribution in [3.8, 4) is 0 Å². The van der Waals surface area contributed by atoms with Crippen molar-refractivity contribution in [1.82, 2.24) is 0 Å². The van der Waals surface area contributed by atoms with Crippen LogP contribution in [0.2, 0.25) is 0 Å². The van der Waals surface area contributed by atoms with E-state index >= 15 is 0 Å². The first kappa shape index (κ1) is 51.1. The van der Waals surface area contributed by atoms with Crippen molar-refractivity contribution in [1.29, 1.82) is 0 Å². The molecule has 0 aliphatic heterocycles. The summed E-state index contributed by atoms with van der Waals surface area (Å²) in [5, 5.41) is 9.57. The third-order valence-corrected chi connectivity index (χ3v) is 9.19. The van der Waals surface area contributed by atoms with Gasteiger partial charge in [-0.1, -0.05) is 189 Å². The number of carbonyl (C=O) groups is 2. The molecule has 0 bridgehead atoms. The van der Waals surface area contributed by atoms with Gasteiger partial charge in [-0.15, -0.1) is 0 Å². The maximum atomic E-state index is 12.2. The van der Waals surface area contributed by atoms with Crippen LogP contribution in [0.15, 0.2) is 85.1 Å². The number of hydrogen-bond donors (Lipinski definition) is 1. The number of unbranched alkanes of at least 4 members (excludes halogenated alkanes) is 17. The van der Waals surface area contributed by atoms with Crippen LogP contribution in [-0.4, -0.2) is 36.4 Å². The maximum Gasteiger partial charge on any atom is 0.306 e. The van der Waals surface area contributed by atoms with Crippen molar-refractivity contribution >= 4 is 11.9 Å². The molecule has 0 aliphatic carbocycles. The number of hydrogen-bond acceptors (Lipinski definition) is 5. The zero-order chi connectivity index (χ0) is 39.3. The lowest BCUT2D eigenvalue weighted by atomic mass is 10.1. The molecule has 54 heavy (non-hydrogen) atoms. The van der Waals surface area contributed by atoms with Gasteiger partial charge in [0.15, 0.2) is 6.10 Å². The van der Waals surface area contributed by atoms with Crippen LogP contribution in [0, 0.1) is 0 Å². The van der Waals surface area contributed by atoms with E-state index in [-0.39, 0.29) is 25.6 Å². The van der Waals surface area contributed by atoms with Gasteiger partial charge < -0.3 is 14.6 Å². The van der Waals surface area contributed by atoms with Crippen molar-refractivity contribution in [3.63, 3.8) is 0 Å². The summed E-state index contributed by atoms with van der Waals surface area (Å²) in [6, 6.07) is 0. The Kier molecular flexibility index (Phi) is 42.1. The first-order chi connectivity index (χ1) is 26.6. The van der Waals surface area contributed by atoms with E-state index in [1.54, 1.807) is 0 Å². The molecule has 5 nitrogen and oxygen atoms in total. The molecule has 5 heteroatoms. The molecule has 0 heterocycles. The Morgan fingerprint density at radius 3 is 1.28 bits per heavy atom. The first-order valence-electron chi connectivity index (χ1n) is 22.1. The van der Waals surface area contributed by atoms with Crippen molar-refractivity contribution in [3.05, 3.63) is 85.1 Å². The minimum atomic E-state index is -0.817. The Morgan fingerprint density at radius 1 is 0.444 bits per heavy atom. The van der Waals surface area contributed by atoms with Crippen LogP contribution in [0.5, 0.6) is 0 Å². The second-order valence-corrected chi connectivity index (χ2v) is 14.4. The maximum absolute atomic E-state index is 12.2. The molecule has 1 atom stereocenters. The zero-order valence-corrected chi connectivity index (χ0v) is 35.0. The molecule has 0 fully saturated rings. The molecular formula is C49H82O5. The quantitative estimate of drug-likeness (QED) is 0.0385. The van der Waals surface area contributed by atoms with Crippen molar-refractivity contribution in [2.45, 2.75) is 200 Å². The molecule has 1 unspecified atom stereocenters. The Morgan fingerprint density at radius 2 is 0.833 bits per heavy atom. The number of ether oxygens (including phenoxy) is 2. The largest absolute Gasteiger partial charge is 0.462 e. The Labute approximate surface area is 333 Å².